The average Bonchev–Trinajstić information content (AvgIpc) is 2.89. The Bertz CT molecular complexity index is 1470. The van der Waals surface area contributed by atoms with Crippen LogP contribution < -0.4 is 15.4 Å². The second-order valence-corrected chi connectivity index (χ2v) is 7.71. The van der Waals surface area contributed by atoms with Gasteiger partial charge in [0.1, 0.15) is 29.2 Å². The van der Waals surface area contributed by atoms with E-state index in [1.54, 1.807) is 67.7 Å². The number of nitrogens with zero attached hydrogens (tertiary/aromatic N) is 3. The number of hydrogen-bond donors (Lipinski definition) is 2. The van der Waals surface area contributed by atoms with E-state index in [4.69, 9.17) is 10.00 Å². The van der Waals surface area contributed by atoms with Crippen LogP contribution in [-0.4, -0.2) is 21.8 Å². The fraction of sp³-hybridized carbons (Fsp3) is 0.0741. The van der Waals surface area contributed by atoms with Crippen LogP contribution in [-0.2, 0) is 6.54 Å². The molecule has 0 aliphatic rings. The highest BCUT2D eigenvalue weighted by Gasteiger charge is 2.14. The number of rotatable bonds is 7. The van der Waals surface area contributed by atoms with E-state index in [9.17, 15) is 14.0 Å². The van der Waals surface area contributed by atoms with Gasteiger partial charge in [-0.2, -0.15) is 5.26 Å². The molecule has 2 aromatic carbocycles. The largest absolute Gasteiger partial charge is 0.457 e. The molecule has 2 heterocycles. The number of carbonyl (C=O) groups is 2. The molecule has 4 aromatic rings. The van der Waals surface area contributed by atoms with Crippen molar-refractivity contribution in [2.75, 3.05) is 5.32 Å². The molecule has 0 aliphatic heterocycles. The molecule has 36 heavy (non-hydrogen) atoms. The molecule has 0 aliphatic carbocycles. The zero-order valence-electron chi connectivity index (χ0n) is 19.2. The quantitative estimate of drug-likeness (QED) is 0.393. The average molecular weight is 481 g/mol. The van der Waals surface area contributed by atoms with Gasteiger partial charge in [-0.1, -0.05) is 12.1 Å². The van der Waals surface area contributed by atoms with Crippen LogP contribution in [0.3, 0.4) is 0 Å². The number of ether oxygens (including phenoxy) is 1. The van der Waals surface area contributed by atoms with E-state index in [1.165, 1.54) is 24.5 Å². The van der Waals surface area contributed by atoms with E-state index in [0.29, 0.717) is 39.6 Å². The van der Waals surface area contributed by atoms with Gasteiger partial charge in [-0.25, -0.2) is 9.37 Å². The summed E-state index contributed by atoms with van der Waals surface area (Å²) in [5, 5.41) is 14.3. The lowest BCUT2D eigenvalue weighted by atomic mass is 10.1. The number of anilines is 1. The molecule has 2 aromatic heterocycles. The number of nitrogens with one attached hydrogen (secondary N) is 2. The van der Waals surface area contributed by atoms with Gasteiger partial charge in [0.25, 0.3) is 11.8 Å². The lowest BCUT2D eigenvalue weighted by Crippen LogP contribution is -2.23. The predicted octanol–water partition coefficient (Wildman–Crippen LogP) is 4.77. The van der Waals surface area contributed by atoms with Crippen LogP contribution >= 0.6 is 0 Å². The van der Waals surface area contributed by atoms with Crippen LogP contribution in [0.2, 0.25) is 0 Å². The first-order valence-electron chi connectivity index (χ1n) is 10.9. The summed E-state index contributed by atoms with van der Waals surface area (Å²) in [7, 11) is 0. The van der Waals surface area contributed by atoms with E-state index in [2.05, 4.69) is 20.6 Å². The van der Waals surface area contributed by atoms with Crippen molar-refractivity contribution in [2.24, 2.45) is 0 Å². The van der Waals surface area contributed by atoms with Crippen molar-refractivity contribution in [3.8, 4) is 17.6 Å². The number of pyridine rings is 2. The highest BCUT2D eigenvalue weighted by Crippen LogP contribution is 2.28. The number of nitriles is 1. The van der Waals surface area contributed by atoms with E-state index in [-0.39, 0.29) is 23.9 Å². The molecule has 0 bridgehead atoms. The van der Waals surface area contributed by atoms with Crippen LogP contribution in [0.4, 0.5) is 10.2 Å². The zero-order chi connectivity index (χ0) is 25.5. The summed E-state index contributed by atoms with van der Waals surface area (Å²) in [6, 6.07) is 17.5. The third-order valence-electron chi connectivity index (χ3n) is 5.26. The van der Waals surface area contributed by atoms with Gasteiger partial charge in [0.15, 0.2) is 0 Å². The van der Waals surface area contributed by atoms with Crippen molar-refractivity contribution in [1.82, 2.24) is 15.3 Å². The van der Waals surface area contributed by atoms with E-state index >= 15 is 0 Å². The van der Waals surface area contributed by atoms with Crippen LogP contribution in [0.15, 0.2) is 79.3 Å². The molecule has 9 heteroatoms. The number of hydrogen-bond acceptors (Lipinski definition) is 6. The van der Waals surface area contributed by atoms with Gasteiger partial charge in [0.05, 0.1) is 11.1 Å². The molecule has 0 saturated carbocycles. The Morgan fingerprint density at radius 3 is 2.67 bits per heavy atom. The highest BCUT2D eigenvalue weighted by atomic mass is 19.1. The van der Waals surface area contributed by atoms with Gasteiger partial charge in [-0.05, 0) is 55.0 Å². The lowest BCUT2D eigenvalue weighted by molar-refractivity contribution is 0.0949. The highest BCUT2D eigenvalue weighted by molar-refractivity contribution is 6.03. The minimum Gasteiger partial charge on any atom is -0.457 e. The fourth-order valence-corrected chi connectivity index (χ4v) is 3.36. The molecule has 4 rings (SSSR count). The zero-order valence-corrected chi connectivity index (χ0v) is 19.2. The van der Waals surface area contributed by atoms with Crippen molar-refractivity contribution < 1.29 is 18.7 Å². The minimum absolute atomic E-state index is 0.0540. The Morgan fingerprint density at radius 1 is 1.06 bits per heavy atom. The third-order valence-corrected chi connectivity index (χ3v) is 5.26. The van der Waals surface area contributed by atoms with Crippen molar-refractivity contribution in [2.45, 2.75) is 13.5 Å². The Hall–Kier alpha value is -5.10. The normalized spacial score (nSPS) is 10.2. The van der Waals surface area contributed by atoms with Crippen LogP contribution in [0.1, 0.15) is 37.4 Å². The predicted molar refractivity (Wildman–Crippen MR) is 130 cm³/mol. The Morgan fingerprint density at radius 2 is 1.92 bits per heavy atom. The number of amides is 2. The SMILES string of the molecule is Cc1c(Oc2ccnc(NC(=O)c3cccnc3)c2)cccc1C(=O)NCc1ccc(C#N)c(F)c1. The van der Waals surface area contributed by atoms with Gasteiger partial charge in [0.2, 0.25) is 0 Å². The second kappa shape index (κ2) is 10.9. The van der Waals surface area contributed by atoms with Crippen LogP contribution in [0.5, 0.6) is 11.5 Å². The van der Waals surface area contributed by atoms with Gasteiger partial charge >= 0.3 is 0 Å². The monoisotopic (exact) mass is 481 g/mol. The summed E-state index contributed by atoms with van der Waals surface area (Å²) in [5.41, 5.74) is 1.85. The molecule has 8 nitrogen and oxygen atoms in total. The maximum absolute atomic E-state index is 13.8. The number of halogens is 1. The first kappa shape index (κ1) is 24.0. The molecule has 0 fully saturated rings. The Kier molecular flexibility index (Phi) is 7.27. The molecular weight excluding hydrogens is 461 g/mol. The van der Waals surface area contributed by atoms with Gasteiger partial charge < -0.3 is 15.4 Å². The van der Waals surface area contributed by atoms with Crippen LogP contribution in [0.25, 0.3) is 0 Å². The maximum atomic E-state index is 13.8. The molecular formula is C27H20FN5O3. The van der Waals surface area contributed by atoms with E-state index < -0.39 is 5.82 Å². The van der Waals surface area contributed by atoms with Crippen molar-refractivity contribution in [1.29, 1.82) is 5.26 Å². The molecule has 0 radical (unpaired) electrons. The third kappa shape index (κ3) is 5.69. The van der Waals surface area contributed by atoms with Crippen molar-refractivity contribution >= 4 is 17.6 Å². The van der Waals surface area contributed by atoms with E-state index in [1.807, 2.05) is 0 Å². The molecule has 0 spiro atoms. The molecule has 0 saturated heterocycles. The van der Waals surface area contributed by atoms with Gasteiger partial charge in [-0.3, -0.25) is 14.6 Å². The maximum Gasteiger partial charge on any atom is 0.258 e. The van der Waals surface area contributed by atoms with Gasteiger partial charge in [0, 0.05) is 42.3 Å². The standard InChI is InChI=1S/C27H20FN5O3/c1-17-22(27(35)32-15-18-7-8-19(14-29)23(28)12-18)5-2-6-24(17)36-21-9-11-31-25(13-21)33-26(34)20-4-3-10-30-16-20/h2-13,16H,15H2,1H3,(H,32,35)(H,31,33,34). The van der Waals surface area contributed by atoms with Crippen LogP contribution in [0, 0.1) is 24.1 Å². The summed E-state index contributed by atoms with van der Waals surface area (Å²) in [4.78, 5) is 33.2. The summed E-state index contributed by atoms with van der Waals surface area (Å²) in [6.45, 7) is 1.84. The molecule has 178 valence electrons. The Balaban J connectivity index is 1.44. The Labute approximate surface area is 206 Å². The molecule has 2 N–H and O–H groups in total. The summed E-state index contributed by atoms with van der Waals surface area (Å²) in [5.74, 6) is -0.193. The molecule has 0 unspecified atom stereocenters. The van der Waals surface area contributed by atoms with E-state index in [0.717, 1.165) is 0 Å². The number of benzene rings is 2. The summed E-state index contributed by atoms with van der Waals surface area (Å²) < 4.78 is 19.8. The molecule has 2 amide bonds. The number of aromatic nitrogens is 2. The minimum atomic E-state index is -0.635. The van der Waals surface area contributed by atoms with Gasteiger partial charge in [-0.15, -0.1) is 0 Å². The smallest absolute Gasteiger partial charge is 0.258 e. The topological polar surface area (TPSA) is 117 Å². The van der Waals surface area contributed by atoms with Crippen molar-refractivity contribution in [3.63, 3.8) is 0 Å². The first-order chi connectivity index (χ1) is 17.4. The lowest BCUT2D eigenvalue weighted by Gasteiger charge is -2.13. The van der Waals surface area contributed by atoms with Crippen molar-refractivity contribution in [3.05, 3.63) is 113 Å². The fourth-order valence-electron chi connectivity index (χ4n) is 3.36. The summed E-state index contributed by atoms with van der Waals surface area (Å²) in [6.07, 6.45) is 4.53. The molecule has 0 atom stereocenters. The number of carbonyl (C=O) groups excluding carboxylic acids is 2. The summed E-state index contributed by atoms with van der Waals surface area (Å²) >= 11 is 0. The second-order valence-electron chi connectivity index (χ2n) is 7.71. The first-order valence-corrected chi connectivity index (χ1v) is 10.9.